The molecular weight excluding hydrogens is 236 g/mol. The molecule has 1 heterocycles. The molecule has 19 heavy (non-hydrogen) atoms. The maximum atomic E-state index is 5.30. The number of nitrogens with one attached hydrogen (secondary N) is 1. The lowest BCUT2D eigenvalue weighted by Crippen LogP contribution is -2.44. The Hall–Kier alpha value is -0.120. The van der Waals surface area contributed by atoms with E-state index in [1.54, 1.807) is 0 Å². The number of methoxy groups -OCH3 is 1. The molecule has 0 aromatic heterocycles. The van der Waals surface area contributed by atoms with E-state index in [2.05, 4.69) is 17.1 Å². The van der Waals surface area contributed by atoms with Gasteiger partial charge < -0.3 is 15.0 Å². The third-order valence-corrected chi connectivity index (χ3v) is 4.85. The van der Waals surface area contributed by atoms with Crippen LogP contribution in [-0.4, -0.2) is 50.8 Å². The zero-order chi connectivity index (χ0) is 13.5. The van der Waals surface area contributed by atoms with Crippen molar-refractivity contribution >= 4 is 0 Å². The molecule has 1 saturated carbocycles. The number of hydrogen-bond donors (Lipinski definition) is 1. The lowest BCUT2D eigenvalue weighted by atomic mass is 9.97. The minimum Gasteiger partial charge on any atom is -0.384 e. The maximum Gasteiger partial charge on any atom is 0.0503 e. The quantitative estimate of drug-likeness (QED) is 0.732. The summed E-state index contributed by atoms with van der Waals surface area (Å²) in [6.45, 7) is 8.15. The molecule has 1 saturated heterocycles. The van der Waals surface area contributed by atoms with Gasteiger partial charge in [-0.05, 0) is 50.6 Å². The lowest BCUT2D eigenvalue weighted by molar-refractivity contribution is 0.150. The monoisotopic (exact) mass is 268 g/mol. The zero-order valence-corrected chi connectivity index (χ0v) is 12.9. The number of likely N-dealkylation sites (tertiary alicyclic amines) is 1. The van der Waals surface area contributed by atoms with E-state index in [4.69, 9.17) is 4.74 Å². The molecule has 2 unspecified atom stereocenters. The van der Waals surface area contributed by atoms with Crippen LogP contribution in [0.4, 0.5) is 0 Å². The van der Waals surface area contributed by atoms with Gasteiger partial charge in [0.05, 0.1) is 6.61 Å². The van der Waals surface area contributed by atoms with Gasteiger partial charge in [0.15, 0.2) is 0 Å². The average molecular weight is 268 g/mol. The van der Waals surface area contributed by atoms with Crippen LogP contribution >= 0.6 is 0 Å². The molecule has 3 heteroatoms. The fraction of sp³-hybridized carbons (Fsp3) is 1.00. The van der Waals surface area contributed by atoms with Crippen LogP contribution in [0, 0.1) is 11.8 Å². The molecule has 0 spiro atoms. The Labute approximate surface area is 119 Å². The van der Waals surface area contributed by atoms with Crippen molar-refractivity contribution in [3.63, 3.8) is 0 Å². The van der Waals surface area contributed by atoms with Crippen LogP contribution in [0.1, 0.15) is 45.4 Å². The van der Waals surface area contributed by atoms with Crippen LogP contribution in [0.15, 0.2) is 0 Å². The molecular formula is C16H32N2O. The van der Waals surface area contributed by atoms with Crippen LogP contribution in [-0.2, 0) is 4.74 Å². The molecule has 0 aromatic rings. The SMILES string of the molecule is CCCNC(CN1CCC(COC)C1)C1CCCC1. The smallest absolute Gasteiger partial charge is 0.0503 e. The van der Waals surface area contributed by atoms with Gasteiger partial charge in [-0.3, -0.25) is 0 Å². The Bertz CT molecular complexity index is 241. The molecule has 1 aliphatic carbocycles. The van der Waals surface area contributed by atoms with E-state index in [9.17, 15) is 0 Å². The highest BCUT2D eigenvalue weighted by Crippen LogP contribution is 2.29. The molecule has 2 aliphatic rings. The summed E-state index contributed by atoms with van der Waals surface area (Å²) in [6.07, 6.45) is 8.34. The number of ether oxygens (including phenoxy) is 1. The van der Waals surface area contributed by atoms with Gasteiger partial charge in [0.1, 0.15) is 0 Å². The Morgan fingerprint density at radius 2 is 2.05 bits per heavy atom. The van der Waals surface area contributed by atoms with Crippen molar-refractivity contribution in [3.8, 4) is 0 Å². The summed E-state index contributed by atoms with van der Waals surface area (Å²) in [5.41, 5.74) is 0. The highest BCUT2D eigenvalue weighted by molar-refractivity contribution is 4.86. The minimum atomic E-state index is 0.726. The second kappa shape index (κ2) is 8.23. The van der Waals surface area contributed by atoms with E-state index < -0.39 is 0 Å². The van der Waals surface area contributed by atoms with Gasteiger partial charge in [0, 0.05) is 26.2 Å². The van der Waals surface area contributed by atoms with Crippen LogP contribution in [0.25, 0.3) is 0 Å². The third kappa shape index (κ3) is 4.73. The molecule has 1 aliphatic heterocycles. The van der Waals surface area contributed by atoms with Gasteiger partial charge in [0.25, 0.3) is 0 Å². The molecule has 0 radical (unpaired) electrons. The standard InChI is InChI=1S/C16H32N2O/c1-3-9-17-16(15-6-4-5-7-15)12-18-10-8-14(11-18)13-19-2/h14-17H,3-13H2,1-2H3. The van der Waals surface area contributed by atoms with Gasteiger partial charge in [-0.1, -0.05) is 19.8 Å². The topological polar surface area (TPSA) is 24.5 Å². The van der Waals surface area contributed by atoms with E-state index in [0.717, 1.165) is 24.5 Å². The molecule has 0 bridgehead atoms. The zero-order valence-electron chi connectivity index (χ0n) is 12.9. The van der Waals surface area contributed by atoms with Gasteiger partial charge in [-0.25, -0.2) is 0 Å². The third-order valence-electron chi connectivity index (χ3n) is 4.85. The van der Waals surface area contributed by atoms with Crippen molar-refractivity contribution in [1.82, 2.24) is 10.2 Å². The lowest BCUT2D eigenvalue weighted by Gasteiger charge is -2.29. The van der Waals surface area contributed by atoms with Crippen molar-refractivity contribution < 1.29 is 4.74 Å². The summed E-state index contributed by atoms with van der Waals surface area (Å²) in [5.74, 6) is 1.69. The van der Waals surface area contributed by atoms with Crippen LogP contribution in [0.3, 0.4) is 0 Å². The second-order valence-corrected chi connectivity index (χ2v) is 6.47. The molecule has 2 rings (SSSR count). The van der Waals surface area contributed by atoms with Gasteiger partial charge >= 0.3 is 0 Å². The highest BCUT2D eigenvalue weighted by atomic mass is 16.5. The first kappa shape index (κ1) is 15.3. The van der Waals surface area contributed by atoms with Gasteiger partial charge in [0.2, 0.25) is 0 Å². The first-order valence-electron chi connectivity index (χ1n) is 8.28. The summed E-state index contributed by atoms with van der Waals surface area (Å²) >= 11 is 0. The van der Waals surface area contributed by atoms with Crippen LogP contribution in [0.2, 0.25) is 0 Å². The van der Waals surface area contributed by atoms with E-state index in [-0.39, 0.29) is 0 Å². The van der Waals surface area contributed by atoms with Gasteiger partial charge in [-0.15, -0.1) is 0 Å². The van der Waals surface area contributed by atoms with Crippen molar-refractivity contribution in [1.29, 1.82) is 0 Å². The van der Waals surface area contributed by atoms with Crippen molar-refractivity contribution in [2.45, 2.75) is 51.5 Å². The molecule has 0 amide bonds. The first-order chi connectivity index (χ1) is 9.33. The van der Waals surface area contributed by atoms with Crippen molar-refractivity contribution in [2.24, 2.45) is 11.8 Å². The normalized spacial score (nSPS) is 27.2. The highest BCUT2D eigenvalue weighted by Gasteiger charge is 2.29. The second-order valence-electron chi connectivity index (χ2n) is 6.47. The first-order valence-corrected chi connectivity index (χ1v) is 8.28. The summed E-state index contributed by atoms with van der Waals surface area (Å²) in [7, 11) is 1.83. The average Bonchev–Trinajstić information content (AvgIpc) is 3.06. The number of nitrogens with zero attached hydrogens (tertiary/aromatic N) is 1. The fourth-order valence-electron chi connectivity index (χ4n) is 3.80. The Balaban J connectivity index is 1.78. The van der Waals surface area contributed by atoms with E-state index in [1.165, 1.54) is 64.7 Å². The van der Waals surface area contributed by atoms with E-state index >= 15 is 0 Å². The van der Waals surface area contributed by atoms with Crippen LogP contribution in [0.5, 0.6) is 0 Å². The van der Waals surface area contributed by atoms with Crippen molar-refractivity contribution in [3.05, 3.63) is 0 Å². The molecule has 1 N–H and O–H groups in total. The molecule has 112 valence electrons. The largest absolute Gasteiger partial charge is 0.384 e. The Morgan fingerprint density at radius 1 is 1.26 bits per heavy atom. The number of hydrogen-bond acceptors (Lipinski definition) is 3. The fourth-order valence-corrected chi connectivity index (χ4v) is 3.80. The van der Waals surface area contributed by atoms with Gasteiger partial charge in [-0.2, -0.15) is 0 Å². The summed E-state index contributed by atoms with van der Waals surface area (Å²) in [6, 6.07) is 0.726. The minimum absolute atomic E-state index is 0.726. The molecule has 0 aromatic carbocycles. The number of rotatable bonds is 8. The molecule has 2 fully saturated rings. The summed E-state index contributed by atoms with van der Waals surface area (Å²) in [5, 5.41) is 3.81. The van der Waals surface area contributed by atoms with Crippen LogP contribution < -0.4 is 5.32 Å². The summed E-state index contributed by atoms with van der Waals surface area (Å²) in [4.78, 5) is 2.66. The van der Waals surface area contributed by atoms with Crippen molar-refractivity contribution in [2.75, 3.05) is 39.9 Å². The van der Waals surface area contributed by atoms with E-state index in [1.807, 2.05) is 7.11 Å². The Kier molecular flexibility index (Phi) is 6.62. The predicted molar refractivity (Wildman–Crippen MR) is 80.5 cm³/mol. The Morgan fingerprint density at radius 3 is 2.74 bits per heavy atom. The molecule has 2 atom stereocenters. The predicted octanol–water partition coefficient (Wildman–Crippen LogP) is 2.51. The molecule has 3 nitrogen and oxygen atoms in total. The summed E-state index contributed by atoms with van der Waals surface area (Å²) < 4.78 is 5.30. The maximum absolute atomic E-state index is 5.30. The van der Waals surface area contributed by atoms with E-state index in [0.29, 0.717) is 0 Å².